The van der Waals surface area contributed by atoms with E-state index < -0.39 is 5.60 Å². The van der Waals surface area contributed by atoms with E-state index in [2.05, 4.69) is 12.2 Å². The standard InChI is InChI=1S/C14H26N2O3/c1-10-7-16(12(18)19-13(2,3)4)9-14(10)8-15-6-5-11(14)17/h10-11,15,17H,5-9H2,1-4H3. The first-order valence-corrected chi connectivity index (χ1v) is 7.11. The van der Waals surface area contributed by atoms with Crippen molar-refractivity contribution in [3.05, 3.63) is 0 Å². The first kappa shape index (κ1) is 14.6. The number of carbonyl (C=O) groups is 1. The van der Waals surface area contributed by atoms with Crippen molar-refractivity contribution in [2.75, 3.05) is 26.2 Å². The summed E-state index contributed by atoms with van der Waals surface area (Å²) in [7, 11) is 0. The second kappa shape index (κ2) is 4.94. The normalized spacial score (nSPS) is 35.7. The van der Waals surface area contributed by atoms with Crippen LogP contribution in [0.5, 0.6) is 0 Å². The number of amides is 1. The van der Waals surface area contributed by atoms with Crippen molar-refractivity contribution in [2.24, 2.45) is 11.3 Å². The number of aliphatic hydroxyl groups is 1. The van der Waals surface area contributed by atoms with Crippen LogP contribution in [0, 0.1) is 11.3 Å². The molecule has 1 amide bonds. The Morgan fingerprint density at radius 2 is 2.16 bits per heavy atom. The molecule has 0 aromatic heterocycles. The van der Waals surface area contributed by atoms with Crippen LogP contribution in [-0.2, 0) is 4.74 Å². The molecular weight excluding hydrogens is 244 g/mol. The fourth-order valence-corrected chi connectivity index (χ4v) is 3.18. The van der Waals surface area contributed by atoms with Crippen molar-refractivity contribution < 1.29 is 14.6 Å². The van der Waals surface area contributed by atoms with Gasteiger partial charge in [-0.25, -0.2) is 4.79 Å². The number of aliphatic hydroxyl groups excluding tert-OH is 1. The molecule has 2 aliphatic rings. The molecule has 0 aromatic carbocycles. The van der Waals surface area contributed by atoms with E-state index in [1.807, 2.05) is 20.8 Å². The van der Waals surface area contributed by atoms with Gasteiger partial charge in [-0.05, 0) is 39.7 Å². The Morgan fingerprint density at radius 1 is 1.47 bits per heavy atom. The number of hydrogen-bond donors (Lipinski definition) is 2. The molecule has 2 rings (SSSR count). The number of carbonyl (C=O) groups excluding carboxylic acids is 1. The highest BCUT2D eigenvalue weighted by Gasteiger charge is 2.51. The molecule has 2 heterocycles. The van der Waals surface area contributed by atoms with Gasteiger partial charge >= 0.3 is 6.09 Å². The van der Waals surface area contributed by atoms with Gasteiger partial charge in [-0.3, -0.25) is 0 Å². The third-order valence-electron chi connectivity index (χ3n) is 4.32. The molecule has 3 unspecified atom stereocenters. The van der Waals surface area contributed by atoms with E-state index in [1.165, 1.54) is 0 Å². The maximum absolute atomic E-state index is 12.1. The Bertz CT molecular complexity index is 353. The fourth-order valence-electron chi connectivity index (χ4n) is 3.18. The van der Waals surface area contributed by atoms with Crippen LogP contribution in [0.25, 0.3) is 0 Å². The molecule has 5 nitrogen and oxygen atoms in total. The summed E-state index contributed by atoms with van der Waals surface area (Å²) >= 11 is 0. The summed E-state index contributed by atoms with van der Waals surface area (Å²) in [5, 5.41) is 13.7. The molecular formula is C14H26N2O3. The first-order valence-electron chi connectivity index (χ1n) is 7.11. The van der Waals surface area contributed by atoms with Gasteiger partial charge in [-0.1, -0.05) is 6.92 Å². The lowest BCUT2D eigenvalue weighted by atomic mass is 9.71. The lowest BCUT2D eigenvalue weighted by Crippen LogP contribution is -2.54. The second-order valence-corrected chi connectivity index (χ2v) is 6.98. The number of nitrogens with one attached hydrogen (secondary N) is 1. The van der Waals surface area contributed by atoms with Crippen LogP contribution in [0.3, 0.4) is 0 Å². The second-order valence-electron chi connectivity index (χ2n) is 6.98. The summed E-state index contributed by atoms with van der Waals surface area (Å²) in [4.78, 5) is 13.9. The van der Waals surface area contributed by atoms with E-state index in [4.69, 9.17) is 4.74 Å². The summed E-state index contributed by atoms with van der Waals surface area (Å²) in [6.07, 6.45) is 0.150. The minimum atomic E-state index is -0.473. The summed E-state index contributed by atoms with van der Waals surface area (Å²) in [5.74, 6) is 0.280. The lowest BCUT2D eigenvalue weighted by Gasteiger charge is -2.41. The van der Waals surface area contributed by atoms with Crippen LogP contribution in [0.2, 0.25) is 0 Å². The van der Waals surface area contributed by atoms with Crippen molar-refractivity contribution in [3.8, 4) is 0 Å². The molecule has 0 radical (unpaired) electrons. The van der Waals surface area contributed by atoms with Crippen LogP contribution in [0.4, 0.5) is 4.79 Å². The molecule has 1 spiro atoms. The molecule has 2 aliphatic heterocycles. The molecule has 2 N–H and O–H groups in total. The number of ether oxygens (including phenoxy) is 1. The number of likely N-dealkylation sites (tertiary alicyclic amines) is 1. The molecule has 0 aliphatic carbocycles. The number of nitrogens with zero attached hydrogens (tertiary/aromatic N) is 1. The number of piperidine rings is 1. The average molecular weight is 270 g/mol. The van der Waals surface area contributed by atoms with Gasteiger partial charge in [0.2, 0.25) is 0 Å². The highest BCUT2D eigenvalue weighted by Crippen LogP contribution is 2.41. The van der Waals surface area contributed by atoms with Gasteiger partial charge in [0.05, 0.1) is 6.10 Å². The van der Waals surface area contributed by atoms with Crippen LogP contribution < -0.4 is 5.32 Å². The van der Waals surface area contributed by atoms with E-state index in [9.17, 15) is 9.90 Å². The maximum Gasteiger partial charge on any atom is 0.410 e. The third-order valence-corrected chi connectivity index (χ3v) is 4.32. The van der Waals surface area contributed by atoms with Gasteiger partial charge in [-0.15, -0.1) is 0 Å². The molecule has 19 heavy (non-hydrogen) atoms. The fraction of sp³-hybridized carbons (Fsp3) is 0.929. The molecule has 0 aromatic rings. The number of hydrogen-bond acceptors (Lipinski definition) is 4. The summed E-state index contributed by atoms with van der Waals surface area (Å²) in [6, 6.07) is 0. The largest absolute Gasteiger partial charge is 0.444 e. The zero-order valence-corrected chi connectivity index (χ0v) is 12.4. The van der Waals surface area contributed by atoms with Crippen molar-refractivity contribution >= 4 is 6.09 Å². The maximum atomic E-state index is 12.1. The van der Waals surface area contributed by atoms with Crippen LogP contribution in [0.1, 0.15) is 34.1 Å². The minimum absolute atomic E-state index is 0.213. The quantitative estimate of drug-likeness (QED) is 0.694. The van der Waals surface area contributed by atoms with Crippen molar-refractivity contribution in [1.29, 1.82) is 0 Å². The zero-order chi connectivity index (χ0) is 14.3. The summed E-state index contributed by atoms with van der Waals surface area (Å²) in [6.45, 7) is 10.6. The number of rotatable bonds is 0. The van der Waals surface area contributed by atoms with Crippen LogP contribution in [0.15, 0.2) is 0 Å². The summed E-state index contributed by atoms with van der Waals surface area (Å²) < 4.78 is 5.42. The Labute approximate surface area is 115 Å². The first-order chi connectivity index (χ1) is 8.74. The third kappa shape index (κ3) is 2.87. The highest BCUT2D eigenvalue weighted by molar-refractivity contribution is 5.68. The van der Waals surface area contributed by atoms with Gasteiger partial charge in [0.1, 0.15) is 5.60 Å². The van der Waals surface area contributed by atoms with Gasteiger partial charge in [0.15, 0.2) is 0 Å². The predicted molar refractivity (Wildman–Crippen MR) is 72.9 cm³/mol. The smallest absolute Gasteiger partial charge is 0.410 e. The van der Waals surface area contributed by atoms with Gasteiger partial charge in [0, 0.05) is 25.0 Å². The molecule has 3 atom stereocenters. The lowest BCUT2D eigenvalue weighted by molar-refractivity contribution is -0.0187. The Morgan fingerprint density at radius 3 is 2.74 bits per heavy atom. The average Bonchev–Trinajstić information content (AvgIpc) is 2.60. The van der Waals surface area contributed by atoms with Crippen molar-refractivity contribution in [2.45, 2.75) is 45.8 Å². The van der Waals surface area contributed by atoms with Crippen LogP contribution in [-0.4, -0.2) is 54.0 Å². The predicted octanol–water partition coefficient (Wildman–Crippen LogP) is 1.21. The summed E-state index contributed by atoms with van der Waals surface area (Å²) in [5.41, 5.74) is -0.686. The van der Waals surface area contributed by atoms with E-state index in [-0.39, 0.29) is 23.5 Å². The van der Waals surface area contributed by atoms with Gasteiger partial charge in [0.25, 0.3) is 0 Å². The molecule has 0 bridgehead atoms. The minimum Gasteiger partial charge on any atom is -0.444 e. The SMILES string of the molecule is CC1CN(C(=O)OC(C)(C)C)CC12CNCCC2O. The Balaban J connectivity index is 2.06. The van der Waals surface area contributed by atoms with Crippen molar-refractivity contribution in [3.63, 3.8) is 0 Å². The van der Waals surface area contributed by atoms with Crippen molar-refractivity contribution in [1.82, 2.24) is 10.2 Å². The van der Waals surface area contributed by atoms with E-state index in [0.717, 1.165) is 19.5 Å². The molecule has 5 heteroatoms. The zero-order valence-electron chi connectivity index (χ0n) is 12.4. The van der Waals surface area contributed by atoms with E-state index in [1.54, 1.807) is 4.90 Å². The van der Waals surface area contributed by atoms with E-state index >= 15 is 0 Å². The van der Waals surface area contributed by atoms with Gasteiger partial charge < -0.3 is 20.1 Å². The Kier molecular flexibility index (Phi) is 3.80. The topological polar surface area (TPSA) is 61.8 Å². The monoisotopic (exact) mass is 270 g/mol. The molecule has 2 saturated heterocycles. The molecule has 2 fully saturated rings. The highest BCUT2D eigenvalue weighted by atomic mass is 16.6. The molecule has 0 saturated carbocycles. The van der Waals surface area contributed by atoms with Gasteiger partial charge in [-0.2, -0.15) is 0 Å². The molecule has 110 valence electrons. The van der Waals surface area contributed by atoms with Crippen LogP contribution >= 0.6 is 0 Å². The van der Waals surface area contributed by atoms with E-state index in [0.29, 0.717) is 13.1 Å². The Hall–Kier alpha value is -0.810.